The molecule has 0 spiro atoms. The van der Waals surface area contributed by atoms with Gasteiger partial charge >= 0.3 is 19.8 Å². The number of unbranched alkanes of at least 4 members (excludes halogenated alkanes) is 22. The average molecular weight is 744 g/mol. The van der Waals surface area contributed by atoms with E-state index >= 15 is 0 Å². The van der Waals surface area contributed by atoms with Crippen LogP contribution in [0.15, 0.2) is 24.3 Å². The van der Waals surface area contributed by atoms with Gasteiger partial charge in [-0.1, -0.05) is 160 Å². The minimum atomic E-state index is -4.37. The van der Waals surface area contributed by atoms with E-state index < -0.39 is 32.5 Å². The number of esters is 2. The molecule has 0 aliphatic rings. The van der Waals surface area contributed by atoms with E-state index in [-0.39, 0.29) is 32.6 Å². The maximum atomic E-state index is 12.6. The van der Waals surface area contributed by atoms with Gasteiger partial charge in [-0.3, -0.25) is 18.6 Å². The zero-order valence-electron chi connectivity index (χ0n) is 32.8. The molecule has 0 heterocycles. The Bertz CT molecular complexity index is 897. The van der Waals surface area contributed by atoms with Crippen molar-refractivity contribution >= 4 is 19.8 Å². The third kappa shape index (κ3) is 38.0. The number of hydrogen-bond acceptors (Lipinski definition) is 8. The highest BCUT2D eigenvalue weighted by molar-refractivity contribution is 7.47. The number of carbonyl (C=O) groups excluding carboxylic acids is 2. The van der Waals surface area contributed by atoms with Crippen molar-refractivity contribution in [3.8, 4) is 0 Å². The molecule has 0 aromatic carbocycles. The smallest absolute Gasteiger partial charge is 0.462 e. The summed E-state index contributed by atoms with van der Waals surface area (Å²) in [5, 5.41) is 0. The molecule has 10 heteroatoms. The molecule has 0 saturated heterocycles. The lowest BCUT2D eigenvalue weighted by atomic mass is 10.0. The predicted molar refractivity (Wildman–Crippen MR) is 211 cm³/mol. The Morgan fingerprint density at radius 2 is 1.02 bits per heavy atom. The van der Waals surface area contributed by atoms with E-state index in [9.17, 15) is 19.0 Å². The number of phosphoric acid groups is 1. The molecule has 0 aliphatic heterocycles. The minimum absolute atomic E-state index is 0.0529. The highest BCUT2D eigenvalue weighted by Gasteiger charge is 2.26. The van der Waals surface area contributed by atoms with Crippen LogP contribution in [-0.2, 0) is 32.7 Å². The Hall–Kier alpha value is -1.51. The minimum Gasteiger partial charge on any atom is -0.462 e. The SMILES string of the molecule is CCCCCC=CCC=CCCCCCCCC(=O)OC[C@H](COP(=O)(O)OCCN)OC(=O)CCCCCCCCCCCCCCCCC. The molecule has 0 aliphatic carbocycles. The second-order valence-electron chi connectivity index (χ2n) is 13.9. The van der Waals surface area contributed by atoms with Gasteiger partial charge in [0.2, 0.25) is 0 Å². The topological polar surface area (TPSA) is 134 Å². The zero-order chi connectivity index (χ0) is 37.5. The highest BCUT2D eigenvalue weighted by atomic mass is 31.2. The van der Waals surface area contributed by atoms with E-state index in [4.69, 9.17) is 24.3 Å². The fourth-order valence-electron chi connectivity index (χ4n) is 5.72. The van der Waals surface area contributed by atoms with Crippen LogP contribution in [0.2, 0.25) is 0 Å². The van der Waals surface area contributed by atoms with Crippen LogP contribution in [-0.4, -0.2) is 49.3 Å². The zero-order valence-corrected chi connectivity index (χ0v) is 33.7. The first-order valence-corrected chi connectivity index (χ1v) is 22.3. The summed E-state index contributed by atoms with van der Waals surface area (Å²) >= 11 is 0. The van der Waals surface area contributed by atoms with Gasteiger partial charge in [0.15, 0.2) is 6.10 Å². The summed E-state index contributed by atoms with van der Waals surface area (Å²) < 4.78 is 32.7. The lowest BCUT2D eigenvalue weighted by Crippen LogP contribution is -2.29. The molecule has 3 N–H and O–H groups in total. The molecule has 0 aromatic rings. The van der Waals surface area contributed by atoms with Gasteiger partial charge in [0.1, 0.15) is 6.61 Å². The first kappa shape index (κ1) is 49.5. The van der Waals surface area contributed by atoms with Crippen LogP contribution in [0, 0.1) is 0 Å². The Labute approximate surface area is 312 Å². The van der Waals surface area contributed by atoms with Crippen LogP contribution in [0.1, 0.15) is 194 Å². The average Bonchev–Trinajstić information content (AvgIpc) is 3.11. The molecular weight excluding hydrogens is 665 g/mol. The fourth-order valence-corrected chi connectivity index (χ4v) is 6.49. The molecule has 0 radical (unpaired) electrons. The van der Waals surface area contributed by atoms with Crippen LogP contribution < -0.4 is 5.73 Å². The number of hydrogen-bond donors (Lipinski definition) is 2. The van der Waals surface area contributed by atoms with E-state index in [0.717, 1.165) is 57.8 Å². The van der Waals surface area contributed by atoms with Crippen molar-refractivity contribution in [2.75, 3.05) is 26.4 Å². The second kappa shape index (κ2) is 38.2. The van der Waals surface area contributed by atoms with E-state index in [1.165, 1.54) is 103 Å². The monoisotopic (exact) mass is 744 g/mol. The Balaban J connectivity index is 4.18. The number of nitrogens with two attached hydrogens (primary N) is 1. The summed E-state index contributed by atoms with van der Waals surface area (Å²) in [7, 11) is -4.37. The van der Waals surface area contributed by atoms with Gasteiger partial charge in [0, 0.05) is 19.4 Å². The van der Waals surface area contributed by atoms with E-state index in [0.29, 0.717) is 6.42 Å². The molecule has 0 fully saturated rings. The van der Waals surface area contributed by atoms with Crippen molar-refractivity contribution in [1.29, 1.82) is 0 Å². The van der Waals surface area contributed by atoms with Gasteiger partial charge < -0.3 is 20.1 Å². The first-order valence-electron chi connectivity index (χ1n) is 20.8. The summed E-state index contributed by atoms with van der Waals surface area (Å²) in [6, 6.07) is 0. The second-order valence-corrected chi connectivity index (χ2v) is 15.3. The number of rotatable bonds is 39. The highest BCUT2D eigenvalue weighted by Crippen LogP contribution is 2.43. The van der Waals surface area contributed by atoms with Crippen LogP contribution >= 0.6 is 7.82 Å². The summed E-state index contributed by atoms with van der Waals surface area (Å²) in [6.07, 6.45) is 39.1. The van der Waals surface area contributed by atoms with Gasteiger partial charge in [-0.25, -0.2) is 4.57 Å². The fraction of sp³-hybridized carbons (Fsp3) is 0.854. The Morgan fingerprint density at radius 1 is 0.588 bits per heavy atom. The summed E-state index contributed by atoms with van der Waals surface area (Å²) in [5.41, 5.74) is 5.34. The maximum absolute atomic E-state index is 12.6. The predicted octanol–water partition coefficient (Wildman–Crippen LogP) is 11.6. The molecule has 0 bridgehead atoms. The number of phosphoric ester groups is 1. The first-order chi connectivity index (χ1) is 24.8. The lowest BCUT2D eigenvalue weighted by molar-refractivity contribution is -0.161. The largest absolute Gasteiger partial charge is 0.472 e. The summed E-state index contributed by atoms with van der Waals surface area (Å²) in [6.45, 7) is 3.70. The van der Waals surface area contributed by atoms with Gasteiger partial charge in [-0.15, -0.1) is 0 Å². The van der Waals surface area contributed by atoms with Crippen molar-refractivity contribution in [2.45, 2.75) is 200 Å². The molecule has 0 rings (SSSR count). The van der Waals surface area contributed by atoms with Crippen molar-refractivity contribution < 1.29 is 37.6 Å². The molecule has 2 atom stereocenters. The summed E-state index contributed by atoms with van der Waals surface area (Å²) in [5.74, 6) is -0.839. The van der Waals surface area contributed by atoms with Gasteiger partial charge in [0.25, 0.3) is 0 Å². The van der Waals surface area contributed by atoms with Crippen LogP contribution in [0.5, 0.6) is 0 Å². The molecular formula is C41H78NO8P. The Morgan fingerprint density at radius 3 is 1.53 bits per heavy atom. The number of ether oxygens (including phenoxy) is 2. The molecule has 51 heavy (non-hydrogen) atoms. The van der Waals surface area contributed by atoms with Crippen molar-refractivity contribution in [2.24, 2.45) is 5.73 Å². The molecule has 300 valence electrons. The summed E-state index contributed by atoms with van der Waals surface area (Å²) in [4.78, 5) is 34.8. The third-order valence-corrected chi connectivity index (χ3v) is 9.82. The van der Waals surface area contributed by atoms with E-state index in [2.05, 4.69) is 38.2 Å². The van der Waals surface area contributed by atoms with Gasteiger partial charge in [-0.2, -0.15) is 0 Å². The van der Waals surface area contributed by atoms with Crippen molar-refractivity contribution in [3.63, 3.8) is 0 Å². The van der Waals surface area contributed by atoms with Gasteiger partial charge in [-0.05, 0) is 44.9 Å². The van der Waals surface area contributed by atoms with E-state index in [1.807, 2.05) is 0 Å². The quantitative estimate of drug-likeness (QED) is 0.0273. The van der Waals surface area contributed by atoms with Gasteiger partial charge in [0.05, 0.1) is 13.2 Å². The molecule has 0 amide bonds. The standard InChI is InChI=1S/C41H78NO8P/c1-3-5-7-9-11-13-15-17-19-21-23-25-27-29-31-33-40(43)47-37-39(38-49-51(45,46)48-36-35-42)50-41(44)34-32-30-28-26-24-22-20-18-16-14-12-10-8-6-4-2/h11,13,17,19,39H,3-10,12,14-16,18,20-38,42H2,1-2H3,(H,45,46)/t39-/m1/s1. The molecule has 0 saturated carbocycles. The van der Waals surface area contributed by atoms with Crippen LogP contribution in [0.3, 0.4) is 0 Å². The Kier molecular flexibility index (Phi) is 37.1. The third-order valence-electron chi connectivity index (χ3n) is 8.84. The van der Waals surface area contributed by atoms with Crippen LogP contribution in [0.4, 0.5) is 0 Å². The van der Waals surface area contributed by atoms with Crippen molar-refractivity contribution in [1.82, 2.24) is 0 Å². The van der Waals surface area contributed by atoms with Crippen molar-refractivity contribution in [3.05, 3.63) is 24.3 Å². The molecule has 9 nitrogen and oxygen atoms in total. The lowest BCUT2D eigenvalue weighted by Gasteiger charge is -2.19. The van der Waals surface area contributed by atoms with Crippen LogP contribution in [0.25, 0.3) is 0 Å². The number of allylic oxidation sites excluding steroid dienone is 4. The van der Waals surface area contributed by atoms with E-state index in [1.54, 1.807) is 0 Å². The maximum Gasteiger partial charge on any atom is 0.472 e. The number of carbonyl (C=O) groups is 2. The molecule has 0 aromatic heterocycles. The molecule has 1 unspecified atom stereocenters. The normalized spacial score (nSPS) is 13.6.